The summed E-state index contributed by atoms with van der Waals surface area (Å²) in [4.78, 5) is 33.7. The lowest BCUT2D eigenvalue weighted by atomic mass is 9.91. The third-order valence-electron chi connectivity index (χ3n) is 3.10. The molecule has 0 fully saturated rings. The van der Waals surface area contributed by atoms with Crippen LogP contribution in [0.5, 0.6) is 0 Å². The monoisotopic (exact) mass is 320 g/mol. The van der Waals surface area contributed by atoms with Crippen LogP contribution < -0.4 is 0 Å². The molecule has 2 N–H and O–H groups in total. The first-order valence-electron chi connectivity index (χ1n) is 6.97. The summed E-state index contributed by atoms with van der Waals surface area (Å²) in [6.07, 6.45) is 0.593. The molecule has 0 aromatic heterocycles. The van der Waals surface area contributed by atoms with Crippen LogP contribution in [0.4, 0.5) is 0 Å². The molecule has 0 aliphatic rings. The lowest BCUT2D eigenvalue weighted by molar-refractivity contribution is -0.160. The van der Waals surface area contributed by atoms with Crippen LogP contribution in [0, 0.1) is 11.3 Å². The third-order valence-corrected chi connectivity index (χ3v) is 3.10. The largest absolute Gasteiger partial charge is 0.465 e. The Morgan fingerprint density at radius 2 is 1.32 bits per heavy atom. The maximum Gasteiger partial charge on any atom is 0.331 e. The minimum atomic E-state index is -0.835. The van der Waals surface area contributed by atoms with Gasteiger partial charge in [0.05, 0.1) is 11.3 Å². The first-order valence-corrected chi connectivity index (χ1v) is 6.97. The minimum Gasteiger partial charge on any atom is -0.465 e. The zero-order valence-electron chi connectivity index (χ0n) is 13.2. The van der Waals surface area contributed by atoms with E-state index in [0.717, 1.165) is 0 Å². The smallest absolute Gasteiger partial charge is 0.331 e. The normalized spacial score (nSPS) is 11.2. The van der Waals surface area contributed by atoms with Gasteiger partial charge < -0.3 is 24.4 Å². The lowest BCUT2D eigenvalue weighted by Crippen LogP contribution is -2.31. The van der Waals surface area contributed by atoms with Crippen molar-refractivity contribution in [3.8, 4) is 0 Å². The summed E-state index contributed by atoms with van der Waals surface area (Å²) in [5.74, 6) is -2.66. The molecule has 0 aromatic rings. The Balaban J connectivity index is 4.47. The number of aliphatic hydroxyl groups is 2. The summed E-state index contributed by atoms with van der Waals surface area (Å²) in [6.45, 7) is 3.31. The summed E-state index contributed by atoms with van der Waals surface area (Å²) in [5.41, 5.74) is -0.645. The average molecular weight is 320 g/mol. The summed E-state index contributed by atoms with van der Waals surface area (Å²) < 4.78 is 14.6. The number of esters is 3. The predicted octanol–water partition coefficient (Wildman–Crippen LogP) is -0.347. The molecular formula is C14H24O8. The van der Waals surface area contributed by atoms with Gasteiger partial charge in [0, 0.05) is 0 Å². The van der Waals surface area contributed by atoms with Crippen molar-refractivity contribution in [1.82, 2.24) is 0 Å². The first-order chi connectivity index (χ1) is 10.3. The topological polar surface area (TPSA) is 119 Å². The van der Waals surface area contributed by atoms with Crippen molar-refractivity contribution in [2.75, 3.05) is 33.0 Å². The fourth-order valence-electron chi connectivity index (χ4n) is 1.19. The van der Waals surface area contributed by atoms with Crippen LogP contribution in [0.15, 0.2) is 0 Å². The Labute approximate surface area is 129 Å². The summed E-state index contributed by atoms with van der Waals surface area (Å²) in [5, 5.41) is 17.2. The van der Waals surface area contributed by atoms with Gasteiger partial charge in [-0.3, -0.25) is 4.79 Å². The van der Waals surface area contributed by atoms with E-state index in [1.807, 2.05) is 6.92 Å². The number of carbonyl (C=O) groups is 3. The van der Waals surface area contributed by atoms with E-state index in [1.165, 1.54) is 0 Å². The highest BCUT2D eigenvalue weighted by molar-refractivity contribution is 5.75. The summed E-state index contributed by atoms with van der Waals surface area (Å²) >= 11 is 0. The van der Waals surface area contributed by atoms with E-state index >= 15 is 0 Å². The van der Waals surface area contributed by atoms with Gasteiger partial charge in [0.25, 0.3) is 0 Å². The van der Waals surface area contributed by atoms with E-state index in [-0.39, 0.29) is 19.8 Å². The van der Waals surface area contributed by atoms with Crippen molar-refractivity contribution in [2.45, 2.75) is 27.2 Å². The Morgan fingerprint density at radius 1 is 0.909 bits per heavy atom. The molecule has 128 valence electrons. The number of rotatable bonds is 10. The van der Waals surface area contributed by atoms with Crippen LogP contribution in [0.1, 0.15) is 27.2 Å². The van der Waals surface area contributed by atoms with E-state index in [9.17, 15) is 14.4 Å². The van der Waals surface area contributed by atoms with Gasteiger partial charge in [0.2, 0.25) is 0 Å². The van der Waals surface area contributed by atoms with Crippen LogP contribution in [0.3, 0.4) is 0 Å². The van der Waals surface area contributed by atoms with E-state index in [4.69, 9.17) is 24.4 Å². The molecular weight excluding hydrogens is 296 g/mol. The minimum absolute atomic E-state index is 0.111. The van der Waals surface area contributed by atoms with E-state index in [0.29, 0.717) is 6.42 Å². The van der Waals surface area contributed by atoms with Gasteiger partial charge in [0.15, 0.2) is 0 Å². The van der Waals surface area contributed by atoms with Gasteiger partial charge in [-0.05, 0) is 20.3 Å². The average Bonchev–Trinajstić information content (AvgIpc) is 2.52. The van der Waals surface area contributed by atoms with Gasteiger partial charge in [-0.1, -0.05) is 6.92 Å². The molecule has 22 heavy (non-hydrogen) atoms. The predicted molar refractivity (Wildman–Crippen MR) is 74.6 cm³/mol. The molecule has 0 saturated heterocycles. The van der Waals surface area contributed by atoms with Gasteiger partial charge in [-0.2, -0.15) is 0 Å². The molecule has 0 spiro atoms. The van der Waals surface area contributed by atoms with Gasteiger partial charge >= 0.3 is 17.9 Å². The number of carbonyl (C=O) groups excluding carboxylic acids is 3. The standard InChI is InChI=1S/C14H24O8/c1-4-14(2,3)13(19)22-9-10(7-20-11(17)5-15)8-21-12(18)6-16/h10,15-16H,4-9H2,1-3H3. The lowest BCUT2D eigenvalue weighted by Gasteiger charge is -2.23. The number of hydrogen-bond acceptors (Lipinski definition) is 8. The van der Waals surface area contributed by atoms with E-state index < -0.39 is 42.5 Å². The fourth-order valence-corrected chi connectivity index (χ4v) is 1.19. The molecule has 0 unspecified atom stereocenters. The molecule has 0 amide bonds. The zero-order chi connectivity index (χ0) is 17.2. The fraction of sp³-hybridized carbons (Fsp3) is 0.786. The van der Waals surface area contributed by atoms with Crippen molar-refractivity contribution in [1.29, 1.82) is 0 Å². The highest BCUT2D eigenvalue weighted by Gasteiger charge is 2.28. The highest BCUT2D eigenvalue weighted by atomic mass is 16.6. The Hall–Kier alpha value is -1.67. The van der Waals surface area contributed by atoms with Crippen LogP contribution >= 0.6 is 0 Å². The van der Waals surface area contributed by atoms with Crippen molar-refractivity contribution >= 4 is 17.9 Å². The van der Waals surface area contributed by atoms with Crippen LogP contribution in [0.25, 0.3) is 0 Å². The Morgan fingerprint density at radius 3 is 1.68 bits per heavy atom. The second kappa shape index (κ2) is 10.1. The zero-order valence-corrected chi connectivity index (χ0v) is 13.2. The SMILES string of the molecule is CCC(C)(C)C(=O)OCC(COC(=O)CO)COC(=O)CO. The number of hydrogen-bond donors (Lipinski definition) is 2. The van der Waals surface area contributed by atoms with Crippen LogP contribution in [0.2, 0.25) is 0 Å². The molecule has 0 bridgehead atoms. The number of aliphatic hydroxyl groups excluding tert-OH is 2. The van der Waals surface area contributed by atoms with E-state index in [2.05, 4.69) is 0 Å². The maximum absolute atomic E-state index is 11.9. The molecule has 8 nitrogen and oxygen atoms in total. The molecule has 8 heteroatoms. The summed E-state index contributed by atoms with van der Waals surface area (Å²) in [6, 6.07) is 0. The second-order valence-electron chi connectivity index (χ2n) is 5.38. The van der Waals surface area contributed by atoms with Crippen molar-refractivity contribution < 1.29 is 38.8 Å². The first kappa shape index (κ1) is 20.3. The van der Waals surface area contributed by atoms with Crippen LogP contribution in [-0.2, 0) is 28.6 Å². The van der Waals surface area contributed by atoms with Gasteiger partial charge in [0.1, 0.15) is 33.0 Å². The molecule has 0 aromatic carbocycles. The van der Waals surface area contributed by atoms with E-state index in [1.54, 1.807) is 13.8 Å². The second-order valence-corrected chi connectivity index (χ2v) is 5.38. The molecule has 0 aliphatic carbocycles. The van der Waals surface area contributed by atoms with Crippen molar-refractivity contribution in [3.05, 3.63) is 0 Å². The van der Waals surface area contributed by atoms with Gasteiger partial charge in [-0.25, -0.2) is 9.59 Å². The molecule has 0 aliphatic heterocycles. The van der Waals surface area contributed by atoms with Crippen molar-refractivity contribution in [2.24, 2.45) is 11.3 Å². The number of ether oxygens (including phenoxy) is 3. The molecule has 0 saturated carbocycles. The quantitative estimate of drug-likeness (QED) is 0.414. The van der Waals surface area contributed by atoms with Crippen LogP contribution in [-0.4, -0.2) is 61.2 Å². The third kappa shape index (κ3) is 7.94. The summed E-state index contributed by atoms with van der Waals surface area (Å²) in [7, 11) is 0. The maximum atomic E-state index is 11.9. The molecule has 0 rings (SSSR count). The Kier molecular flexibility index (Phi) is 9.35. The molecule has 0 atom stereocenters. The molecule has 0 radical (unpaired) electrons. The Bertz CT molecular complexity index is 357. The van der Waals surface area contributed by atoms with Gasteiger partial charge in [-0.15, -0.1) is 0 Å². The van der Waals surface area contributed by atoms with Crippen molar-refractivity contribution in [3.63, 3.8) is 0 Å². The highest BCUT2D eigenvalue weighted by Crippen LogP contribution is 2.21. The molecule has 0 heterocycles.